The van der Waals surface area contributed by atoms with E-state index in [1.54, 1.807) is 14.2 Å². The predicted molar refractivity (Wildman–Crippen MR) is 82.3 cm³/mol. The van der Waals surface area contributed by atoms with E-state index in [4.69, 9.17) is 18.9 Å². The molecule has 1 aromatic rings. The molecule has 0 radical (unpaired) electrons. The van der Waals surface area contributed by atoms with Crippen molar-refractivity contribution in [2.75, 3.05) is 45.4 Å². The molecule has 1 saturated heterocycles. The molecule has 0 aromatic heterocycles. The van der Waals surface area contributed by atoms with E-state index in [1.165, 1.54) is 5.56 Å². The molecule has 0 spiro atoms. The average Bonchev–Trinajstić information content (AvgIpc) is 2.92. The molecule has 6 nitrogen and oxygen atoms in total. The largest absolute Gasteiger partial charge is 0.508 e. The van der Waals surface area contributed by atoms with Crippen molar-refractivity contribution in [3.63, 3.8) is 0 Å². The van der Waals surface area contributed by atoms with Crippen LogP contribution in [0.5, 0.6) is 0 Å². The van der Waals surface area contributed by atoms with E-state index in [0.717, 1.165) is 5.69 Å². The minimum Gasteiger partial charge on any atom is -0.430 e. The van der Waals surface area contributed by atoms with Gasteiger partial charge in [-0.2, -0.15) is 0 Å². The van der Waals surface area contributed by atoms with Crippen LogP contribution in [0.15, 0.2) is 24.3 Å². The number of carbonyl (C=O) groups is 1. The molecule has 0 bridgehead atoms. The quantitative estimate of drug-likeness (QED) is 0.685. The Hall–Kier alpha value is -1.79. The van der Waals surface area contributed by atoms with Crippen molar-refractivity contribution in [1.29, 1.82) is 0 Å². The molecule has 1 aliphatic heterocycles. The molecule has 2 rings (SSSR count). The van der Waals surface area contributed by atoms with Crippen LogP contribution in [-0.2, 0) is 18.9 Å². The number of rotatable bonds is 8. The van der Waals surface area contributed by atoms with Crippen molar-refractivity contribution < 1.29 is 23.7 Å². The molecule has 0 N–H and O–H groups in total. The third-order valence-electron chi connectivity index (χ3n) is 3.58. The summed E-state index contributed by atoms with van der Waals surface area (Å²) in [5.74, 6) is 0. The van der Waals surface area contributed by atoms with Crippen molar-refractivity contribution >= 4 is 11.8 Å². The van der Waals surface area contributed by atoms with Gasteiger partial charge in [0.1, 0.15) is 6.61 Å². The summed E-state index contributed by atoms with van der Waals surface area (Å²) in [5.41, 5.74) is 2.24. The Labute approximate surface area is 130 Å². The minimum atomic E-state index is -0.603. The number of aryl methyl sites for hydroxylation is 1. The summed E-state index contributed by atoms with van der Waals surface area (Å²) < 4.78 is 20.6. The summed E-state index contributed by atoms with van der Waals surface area (Å²) in [6.07, 6.45) is -0.938. The van der Waals surface area contributed by atoms with Gasteiger partial charge < -0.3 is 23.8 Å². The first-order chi connectivity index (χ1) is 10.6. The van der Waals surface area contributed by atoms with Crippen molar-refractivity contribution in [2.24, 2.45) is 0 Å². The first-order valence-corrected chi connectivity index (χ1v) is 7.29. The first kappa shape index (κ1) is 16.6. The van der Waals surface area contributed by atoms with E-state index in [9.17, 15) is 4.79 Å². The molecule has 1 aromatic carbocycles. The number of methoxy groups -OCH3 is 2. The monoisotopic (exact) mass is 309 g/mol. The molecule has 1 heterocycles. The fourth-order valence-corrected chi connectivity index (χ4v) is 2.37. The molecule has 0 saturated carbocycles. The highest BCUT2D eigenvalue weighted by Gasteiger charge is 2.28. The second-order valence-electron chi connectivity index (χ2n) is 5.35. The Balaban J connectivity index is 2.08. The molecule has 0 aliphatic carbocycles. The fraction of sp³-hybridized carbons (Fsp3) is 0.562. The van der Waals surface area contributed by atoms with E-state index in [-0.39, 0.29) is 18.8 Å². The van der Waals surface area contributed by atoms with E-state index >= 15 is 0 Å². The van der Waals surface area contributed by atoms with Crippen LogP contribution in [0.1, 0.15) is 5.56 Å². The minimum absolute atomic E-state index is 0.0654. The smallest absolute Gasteiger partial charge is 0.430 e. The standard InChI is InChI=1S/C16H23NO5/c1-12-4-6-13(7-5-12)17(8-14(20-3)10-19-2)9-15-11-21-16(18)22-15/h4-7,14-15H,8-11H2,1-3H3. The van der Waals surface area contributed by atoms with Gasteiger partial charge in [0.15, 0.2) is 6.10 Å². The Kier molecular flexibility index (Phi) is 6.03. The van der Waals surface area contributed by atoms with Gasteiger partial charge in [-0.25, -0.2) is 4.79 Å². The number of benzene rings is 1. The van der Waals surface area contributed by atoms with Gasteiger partial charge in [-0.05, 0) is 19.1 Å². The number of hydrogen-bond donors (Lipinski definition) is 0. The van der Waals surface area contributed by atoms with Crippen LogP contribution >= 0.6 is 0 Å². The van der Waals surface area contributed by atoms with Crippen molar-refractivity contribution in [3.8, 4) is 0 Å². The molecule has 2 unspecified atom stereocenters. The second-order valence-corrected chi connectivity index (χ2v) is 5.35. The maximum absolute atomic E-state index is 11.1. The Morgan fingerprint density at radius 1 is 1.32 bits per heavy atom. The number of anilines is 1. The van der Waals surface area contributed by atoms with Gasteiger partial charge in [0.2, 0.25) is 0 Å². The van der Waals surface area contributed by atoms with Crippen LogP contribution in [0.3, 0.4) is 0 Å². The van der Waals surface area contributed by atoms with Gasteiger partial charge in [0.05, 0.1) is 19.3 Å². The Morgan fingerprint density at radius 2 is 2.05 bits per heavy atom. The fourth-order valence-electron chi connectivity index (χ4n) is 2.37. The van der Waals surface area contributed by atoms with E-state index < -0.39 is 6.16 Å². The molecule has 122 valence electrons. The zero-order valence-electron chi connectivity index (χ0n) is 13.3. The average molecular weight is 309 g/mol. The lowest BCUT2D eigenvalue weighted by molar-refractivity contribution is 0.0318. The normalized spacial score (nSPS) is 18.7. The van der Waals surface area contributed by atoms with Crippen molar-refractivity contribution in [1.82, 2.24) is 0 Å². The lowest BCUT2D eigenvalue weighted by Gasteiger charge is -2.29. The summed E-state index contributed by atoms with van der Waals surface area (Å²) in [4.78, 5) is 13.2. The van der Waals surface area contributed by atoms with Gasteiger partial charge >= 0.3 is 6.16 Å². The highest BCUT2D eigenvalue weighted by Crippen LogP contribution is 2.19. The van der Waals surface area contributed by atoms with Crippen LogP contribution in [-0.4, -0.2) is 58.9 Å². The second kappa shape index (κ2) is 8.00. The van der Waals surface area contributed by atoms with Crippen LogP contribution in [0.2, 0.25) is 0 Å². The summed E-state index contributed by atoms with van der Waals surface area (Å²) >= 11 is 0. The van der Waals surface area contributed by atoms with E-state index in [1.807, 2.05) is 19.1 Å². The molecule has 1 aliphatic rings. The summed E-state index contributed by atoms with van der Waals surface area (Å²) in [6, 6.07) is 8.20. The van der Waals surface area contributed by atoms with Crippen LogP contribution < -0.4 is 4.90 Å². The highest BCUT2D eigenvalue weighted by molar-refractivity contribution is 5.62. The zero-order chi connectivity index (χ0) is 15.9. The maximum atomic E-state index is 11.1. The molecule has 1 fully saturated rings. The summed E-state index contributed by atoms with van der Waals surface area (Å²) in [7, 11) is 3.31. The van der Waals surface area contributed by atoms with Gasteiger partial charge in [-0.15, -0.1) is 0 Å². The Morgan fingerprint density at radius 3 is 2.59 bits per heavy atom. The third kappa shape index (κ3) is 4.61. The summed E-state index contributed by atoms with van der Waals surface area (Å²) in [6.45, 7) is 4.02. The number of nitrogens with zero attached hydrogens (tertiary/aromatic N) is 1. The molecule has 6 heteroatoms. The molecule has 22 heavy (non-hydrogen) atoms. The Bertz CT molecular complexity index is 476. The van der Waals surface area contributed by atoms with Gasteiger partial charge in [0.25, 0.3) is 0 Å². The topological polar surface area (TPSA) is 57.2 Å². The number of ether oxygens (including phenoxy) is 4. The van der Waals surface area contributed by atoms with Crippen LogP contribution in [0, 0.1) is 6.92 Å². The number of carbonyl (C=O) groups excluding carboxylic acids is 1. The van der Waals surface area contributed by atoms with Crippen LogP contribution in [0.25, 0.3) is 0 Å². The molecule has 2 atom stereocenters. The maximum Gasteiger partial charge on any atom is 0.508 e. The van der Waals surface area contributed by atoms with E-state index in [2.05, 4.69) is 17.0 Å². The third-order valence-corrected chi connectivity index (χ3v) is 3.58. The zero-order valence-corrected chi connectivity index (χ0v) is 13.3. The SMILES string of the molecule is COCC(CN(CC1COC(=O)O1)c1ccc(C)cc1)OC. The predicted octanol–water partition coefficient (Wildman–Crippen LogP) is 2.00. The van der Waals surface area contributed by atoms with Gasteiger partial charge in [-0.1, -0.05) is 17.7 Å². The summed E-state index contributed by atoms with van der Waals surface area (Å²) in [5, 5.41) is 0. The first-order valence-electron chi connectivity index (χ1n) is 7.29. The molecule has 0 amide bonds. The molecular formula is C16H23NO5. The van der Waals surface area contributed by atoms with Gasteiger partial charge in [0, 0.05) is 26.5 Å². The lowest BCUT2D eigenvalue weighted by Crippen LogP contribution is -2.41. The lowest BCUT2D eigenvalue weighted by atomic mass is 10.2. The number of hydrogen-bond acceptors (Lipinski definition) is 6. The van der Waals surface area contributed by atoms with Crippen molar-refractivity contribution in [3.05, 3.63) is 29.8 Å². The molecular weight excluding hydrogens is 286 g/mol. The van der Waals surface area contributed by atoms with Crippen LogP contribution in [0.4, 0.5) is 10.5 Å². The highest BCUT2D eigenvalue weighted by atomic mass is 16.8. The number of cyclic esters (lactones) is 2. The van der Waals surface area contributed by atoms with E-state index in [0.29, 0.717) is 19.7 Å². The van der Waals surface area contributed by atoms with Crippen molar-refractivity contribution in [2.45, 2.75) is 19.1 Å². The van der Waals surface area contributed by atoms with Gasteiger partial charge in [-0.3, -0.25) is 0 Å².